The van der Waals surface area contributed by atoms with Gasteiger partial charge in [-0.2, -0.15) is 0 Å². The quantitative estimate of drug-likeness (QED) is 0.407. The Labute approximate surface area is 139 Å². The van der Waals surface area contributed by atoms with E-state index in [0.717, 1.165) is 44.7 Å². The van der Waals surface area contributed by atoms with E-state index >= 15 is 0 Å². The lowest BCUT2D eigenvalue weighted by atomic mass is 10.1. The number of nitrogens with zero attached hydrogens (tertiary/aromatic N) is 1. The van der Waals surface area contributed by atoms with Crippen molar-refractivity contribution in [2.45, 2.75) is 33.1 Å². The van der Waals surface area contributed by atoms with Crippen molar-refractivity contribution in [1.29, 1.82) is 0 Å². The summed E-state index contributed by atoms with van der Waals surface area (Å²) in [6.45, 7) is 6.51. The van der Waals surface area contributed by atoms with Crippen molar-refractivity contribution in [1.82, 2.24) is 5.32 Å². The topological polar surface area (TPSA) is 59.6 Å². The molecule has 4 nitrogen and oxygen atoms in total. The highest BCUT2D eigenvalue weighted by molar-refractivity contribution is 14.0. The van der Waals surface area contributed by atoms with Gasteiger partial charge in [0.15, 0.2) is 5.96 Å². The van der Waals surface area contributed by atoms with E-state index in [0.29, 0.717) is 5.96 Å². The van der Waals surface area contributed by atoms with Crippen LogP contribution in [0.15, 0.2) is 29.3 Å². The van der Waals surface area contributed by atoms with Gasteiger partial charge in [0.25, 0.3) is 0 Å². The molecule has 0 fully saturated rings. The molecule has 114 valence electrons. The lowest BCUT2D eigenvalue weighted by Gasteiger charge is -2.08. The van der Waals surface area contributed by atoms with Crippen molar-refractivity contribution in [3.05, 3.63) is 29.8 Å². The first-order valence-corrected chi connectivity index (χ1v) is 7.01. The molecule has 0 saturated carbocycles. The van der Waals surface area contributed by atoms with Crippen LogP contribution < -0.4 is 15.8 Å². The molecule has 0 atom stereocenters. The maximum Gasteiger partial charge on any atom is 0.188 e. The standard InChI is InChI=1S/C15H25N3O.HI/c1-3-9-17-15(16)18-10-8-13-6-5-7-14(12-13)19-11-4-2;/h5-7,12H,3-4,8-11H2,1-2H3,(H3,16,17,18);1H. The zero-order chi connectivity index (χ0) is 13.9. The Bertz CT molecular complexity index is 396. The molecule has 20 heavy (non-hydrogen) atoms. The van der Waals surface area contributed by atoms with Gasteiger partial charge in [0.2, 0.25) is 0 Å². The maximum atomic E-state index is 5.73. The molecule has 0 aromatic heterocycles. The largest absolute Gasteiger partial charge is 0.494 e. The predicted molar refractivity (Wildman–Crippen MR) is 96.1 cm³/mol. The third kappa shape index (κ3) is 8.24. The van der Waals surface area contributed by atoms with Gasteiger partial charge in [-0.25, -0.2) is 0 Å². The van der Waals surface area contributed by atoms with E-state index < -0.39 is 0 Å². The highest BCUT2D eigenvalue weighted by Crippen LogP contribution is 2.13. The molecule has 0 heterocycles. The molecule has 1 rings (SSSR count). The van der Waals surface area contributed by atoms with Crippen molar-refractivity contribution < 1.29 is 4.74 Å². The third-order valence-corrected chi connectivity index (χ3v) is 2.60. The zero-order valence-corrected chi connectivity index (χ0v) is 14.7. The SMILES string of the molecule is CCCN=C(N)NCCc1cccc(OCCC)c1.I. The van der Waals surface area contributed by atoms with Crippen molar-refractivity contribution in [3.63, 3.8) is 0 Å². The number of guanidine groups is 1. The number of nitrogens with two attached hydrogens (primary N) is 1. The molecule has 0 saturated heterocycles. The summed E-state index contributed by atoms with van der Waals surface area (Å²) in [7, 11) is 0. The van der Waals surface area contributed by atoms with Gasteiger partial charge in [-0.05, 0) is 37.0 Å². The van der Waals surface area contributed by atoms with Crippen LogP contribution in [-0.4, -0.2) is 25.7 Å². The number of halogens is 1. The zero-order valence-electron chi connectivity index (χ0n) is 12.4. The van der Waals surface area contributed by atoms with Gasteiger partial charge in [0, 0.05) is 13.1 Å². The number of hydrogen-bond acceptors (Lipinski definition) is 2. The van der Waals surface area contributed by atoms with Crippen LogP contribution in [0.1, 0.15) is 32.3 Å². The minimum absolute atomic E-state index is 0. The molecular weight excluding hydrogens is 365 g/mol. The minimum Gasteiger partial charge on any atom is -0.494 e. The monoisotopic (exact) mass is 391 g/mol. The van der Waals surface area contributed by atoms with Crippen molar-refractivity contribution in [2.75, 3.05) is 19.7 Å². The van der Waals surface area contributed by atoms with E-state index in [1.54, 1.807) is 0 Å². The summed E-state index contributed by atoms with van der Waals surface area (Å²) < 4.78 is 5.61. The van der Waals surface area contributed by atoms with Crippen LogP contribution in [-0.2, 0) is 6.42 Å². The second-order valence-corrected chi connectivity index (χ2v) is 4.44. The minimum atomic E-state index is 0. The first kappa shape index (κ1) is 19.0. The van der Waals surface area contributed by atoms with Gasteiger partial charge in [-0.1, -0.05) is 26.0 Å². The average molecular weight is 391 g/mol. The van der Waals surface area contributed by atoms with Gasteiger partial charge in [-0.3, -0.25) is 4.99 Å². The Kier molecular flexibility index (Phi) is 11.2. The lowest BCUT2D eigenvalue weighted by Crippen LogP contribution is -2.33. The van der Waals surface area contributed by atoms with Crippen LogP contribution in [0.3, 0.4) is 0 Å². The highest BCUT2D eigenvalue weighted by Gasteiger charge is 1.97. The van der Waals surface area contributed by atoms with Gasteiger partial charge >= 0.3 is 0 Å². The van der Waals surface area contributed by atoms with E-state index in [2.05, 4.69) is 36.3 Å². The molecule has 5 heteroatoms. The molecule has 3 N–H and O–H groups in total. The molecule has 0 bridgehead atoms. The van der Waals surface area contributed by atoms with E-state index in [4.69, 9.17) is 10.5 Å². The van der Waals surface area contributed by atoms with Crippen LogP contribution in [0, 0.1) is 0 Å². The van der Waals surface area contributed by atoms with Gasteiger partial charge in [-0.15, -0.1) is 24.0 Å². The summed E-state index contributed by atoms with van der Waals surface area (Å²) in [4.78, 5) is 4.19. The normalized spacial score (nSPS) is 10.8. The molecule has 0 amide bonds. The summed E-state index contributed by atoms with van der Waals surface area (Å²) in [6.07, 6.45) is 2.95. The molecule has 0 aliphatic heterocycles. The van der Waals surface area contributed by atoms with E-state index in [1.165, 1.54) is 5.56 Å². The van der Waals surface area contributed by atoms with Crippen molar-refractivity contribution in [2.24, 2.45) is 10.7 Å². The summed E-state index contributed by atoms with van der Waals surface area (Å²) >= 11 is 0. The first-order chi connectivity index (χ1) is 9.26. The number of aliphatic imine (C=N–C) groups is 1. The molecular formula is C15H26IN3O. The predicted octanol–water partition coefficient (Wildman–Crippen LogP) is 2.95. The molecule has 0 radical (unpaired) electrons. The maximum absolute atomic E-state index is 5.73. The number of ether oxygens (including phenoxy) is 1. The van der Waals surface area contributed by atoms with E-state index in [-0.39, 0.29) is 24.0 Å². The summed E-state index contributed by atoms with van der Waals surface area (Å²) in [5, 5.41) is 3.12. The van der Waals surface area contributed by atoms with Gasteiger partial charge < -0.3 is 15.8 Å². The van der Waals surface area contributed by atoms with Gasteiger partial charge in [0.05, 0.1) is 6.61 Å². The fourth-order valence-corrected chi connectivity index (χ4v) is 1.63. The Morgan fingerprint density at radius 3 is 2.80 bits per heavy atom. The third-order valence-electron chi connectivity index (χ3n) is 2.60. The second-order valence-electron chi connectivity index (χ2n) is 4.44. The summed E-state index contributed by atoms with van der Waals surface area (Å²) in [6, 6.07) is 8.19. The number of hydrogen-bond donors (Lipinski definition) is 2. The highest BCUT2D eigenvalue weighted by atomic mass is 127. The first-order valence-electron chi connectivity index (χ1n) is 7.01. The van der Waals surface area contributed by atoms with Crippen LogP contribution in [0.4, 0.5) is 0 Å². The Hall–Kier alpha value is -0.980. The number of benzene rings is 1. The molecule has 0 unspecified atom stereocenters. The summed E-state index contributed by atoms with van der Waals surface area (Å²) in [5.74, 6) is 1.47. The van der Waals surface area contributed by atoms with Crippen molar-refractivity contribution in [3.8, 4) is 5.75 Å². The van der Waals surface area contributed by atoms with Crippen LogP contribution >= 0.6 is 24.0 Å². The van der Waals surface area contributed by atoms with E-state index in [1.807, 2.05) is 12.1 Å². The molecule has 1 aromatic rings. The van der Waals surface area contributed by atoms with Crippen LogP contribution in [0.2, 0.25) is 0 Å². The van der Waals surface area contributed by atoms with E-state index in [9.17, 15) is 0 Å². The number of nitrogens with one attached hydrogen (secondary N) is 1. The Morgan fingerprint density at radius 2 is 2.10 bits per heavy atom. The molecule has 0 spiro atoms. The summed E-state index contributed by atoms with van der Waals surface area (Å²) in [5.41, 5.74) is 6.97. The van der Waals surface area contributed by atoms with Crippen molar-refractivity contribution >= 4 is 29.9 Å². The average Bonchev–Trinajstić information content (AvgIpc) is 2.43. The van der Waals surface area contributed by atoms with Gasteiger partial charge in [0.1, 0.15) is 5.75 Å². The Morgan fingerprint density at radius 1 is 1.30 bits per heavy atom. The second kappa shape index (κ2) is 11.8. The fraction of sp³-hybridized carbons (Fsp3) is 0.533. The molecule has 0 aliphatic rings. The fourth-order valence-electron chi connectivity index (χ4n) is 1.63. The Balaban J connectivity index is 0.00000361. The number of rotatable bonds is 8. The molecule has 1 aromatic carbocycles. The smallest absolute Gasteiger partial charge is 0.188 e. The van der Waals surface area contributed by atoms with Crippen LogP contribution in [0.5, 0.6) is 5.75 Å². The van der Waals surface area contributed by atoms with Crippen LogP contribution in [0.25, 0.3) is 0 Å². The lowest BCUT2D eigenvalue weighted by molar-refractivity contribution is 0.317. The molecule has 0 aliphatic carbocycles.